The Morgan fingerprint density at radius 2 is 1.90 bits per heavy atom. The van der Waals surface area contributed by atoms with E-state index in [1.54, 1.807) is 6.92 Å². The molecule has 4 heteroatoms. The van der Waals surface area contributed by atoms with Gasteiger partial charge in [-0.05, 0) is 86.9 Å². The second-order valence-electron chi connectivity index (χ2n) is 7.81. The second-order valence-corrected chi connectivity index (χ2v) is 7.81. The zero-order valence-electron chi connectivity index (χ0n) is 12.9. The summed E-state index contributed by atoms with van der Waals surface area (Å²) in [6.45, 7) is 2.42. The normalized spacial score (nSPS) is 47.6. The molecule has 0 aliphatic heterocycles. The summed E-state index contributed by atoms with van der Waals surface area (Å²) in [5.74, 6) is 7.09. The van der Waals surface area contributed by atoms with E-state index in [1.165, 1.54) is 32.1 Å². The standard InChI is InChI=1S/C17H27NO3/c1-9(21-17(18)19)20-5-4-10-6-13-8-14(10)16-12-3-2-11(7-12)15(13)16/h9-16H,2-8H2,1H3,(H2,18,19). The monoisotopic (exact) mass is 293 g/mol. The van der Waals surface area contributed by atoms with E-state index in [-0.39, 0.29) is 0 Å². The summed E-state index contributed by atoms with van der Waals surface area (Å²) in [7, 11) is 0. The van der Waals surface area contributed by atoms with Crippen LogP contribution in [-0.4, -0.2) is 19.0 Å². The van der Waals surface area contributed by atoms with Crippen LogP contribution in [-0.2, 0) is 9.47 Å². The fraction of sp³-hybridized carbons (Fsp3) is 0.941. The molecule has 0 aromatic rings. The molecule has 2 N–H and O–H groups in total. The van der Waals surface area contributed by atoms with Crippen molar-refractivity contribution < 1.29 is 14.3 Å². The van der Waals surface area contributed by atoms with Crippen LogP contribution in [0.5, 0.6) is 0 Å². The molecule has 21 heavy (non-hydrogen) atoms. The molecule has 0 aromatic carbocycles. The molecule has 4 rings (SSSR count). The SMILES string of the molecule is CC(OCCC1CC2CC1C1C3CCC(C3)C21)OC(N)=O. The van der Waals surface area contributed by atoms with E-state index in [0.29, 0.717) is 6.61 Å². The van der Waals surface area contributed by atoms with Gasteiger partial charge in [-0.25, -0.2) is 4.79 Å². The maximum Gasteiger partial charge on any atom is 0.406 e. The van der Waals surface area contributed by atoms with Crippen molar-refractivity contribution in [3.05, 3.63) is 0 Å². The van der Waals surface area contributed by atoms with Crippen LogP contribution in [0.25, 0.3) is 0 Å². The van der Waals surface area contributed by atoms with Crippen LogP contribution in [0.15, 0.2) is 0 Å². The van der Waals surface area contributed by atoms with E-state index in [1.807, 2.05) is 0 Å². The molecule has 4 aliphatic rings. The Morgan fingerprint density at radius 1 is 1.14 bits per heavy atom. The quantitative estimate of drug-likeness (QED) is 0.625. The van der Waals surface area contributed by atoms with Crippen molar-refractivity contribution in [3.63, 3.8) is 0 Å². The van der Waals surface area contributed by atoms with Crippen molar-refractivity contribution in [3.8, 4) is 0 Å². The van der Waals surface area contributed by atoms with Gasteiger partial charge in [-0.15, -0.1) is 0 Å². The molecule has 118 valence electrons. The molecule has 0 saturated heterocycles. The molecule has 0 spiro atoms. The zero-order chi connectivity index (χ0) is 14.6. The van der Waals surface area contributed by atoms with Crippen LogP contribution in [0.1, 0.15) is 45.4 Å². The number of rotatable bonds is 5. The highest BCUT2D eigenvalue weighted by molar-refractivity contribution is 5.64. The Hall–Kier alpha value is -0.770. The maximum atomic E-state index is 10.7. The highest BCUT2D eigenvalue weighted by atomic mass is 16.7. The van der Waals surface area contributed by atoms with E-state index in [9.17, 15) is 4.79 Å². The van der Waals surface area contributed by atoms with E-state index < -0.39 is 12.4 Å². The molecule has 4 aliphatic carbocycles. The van der Waals surface area contributed by atoms with E-state index in [2.05, 4.69) is 0 Å². The molecule has 0 aromatic heterocycles. The smallest absolute Gasteiger partial charge is 0.406 e. The summed E-state index contributed by atoms with van der Waals surface area (Å²) < 4.78 is 10.4. The topological polar surface area (TPSA) is 61.6 Å². The number of hydrogen-bond donors (Lipinski definition) is 1. The Morgan fingerprint density at radius 3 is 2.67 bits per heavy atom. The predicted octanol–water partition coefficient (Wildman–Crippen LogP) is 3.15. The van der Waals surface area contributed by atoms with E-state index >= 15 is 0 Å². The van der Waals surface area contributed by atoms with Crippen molar-refractivity contribution >= 4 is 6.09 Å². The van der Waals surface area contributed by atoms with Crippen molar-refractivity contribution in [2.24, 2.45) is 47.2 Å². The lowest BCUT2D eigenvalue weighted by molar-refractivity contribution is -0.0939. The van der Waals surface area contributed by atoms with Crippen LogP contribution in [0, 0.1) is 41.4 Å². The van der Waals surface area contributed by atoms with Gasteiger partial charge < -0.3 is 15.2 Å². The van der Waals surface area contributed by atoms with Gasteiger partial charge >= 0.3 is 6.09 Å². The number of carbonyl (C=O) groups is 1. The predicted molar refractivity (Wildman–Crippen MR) is 78.2 cm³/mol. The Balaban J connectivity index is 1.28. The summed E-state index contributed by atoms with van der Waals surface area (Å²) in [6, 6.07) is 0. The first-order valence-electron chi connectivity index (χ1n) is 8.71. The first-order valence-corrected chi connectivity index (χ1v) is 8.71. The molecular weight excluding hydrogens is 266 g/mol. The molecule has 8 unspecified atom stereocenters. The fourth-order valence-electron chi connectivity index (χ4n) is 6.62. The molecule has 4 bridgehead atoms. The second kappa shape index (κ2) is 5.15. The van der Waals surface area contributed by atoms with Crippen molar-refractivity contribution in [1.29, 1.82) is 0 Å². The number of fused-ring (bicyclic) bond motifs is 9. The third-order valence-electron chi connectivity index (χ3n) is 6.99. The first kappa shape index (κ1) is 13.9. The van der Waals surface area contributed by atoms with Crippen molar-refractivity contribution in [2.45, 2.75) is 51.7 Å². The fourth-order valence-corrected chi connectivity index (χ4v) is 6.62. The van der Waals surface area contributed by atoms with Gasteiger partial charge in [-0.1, -0.05) is 0 Å². The Bertz CT molecular complexity index is 426. The number of ether oxygens (including phenoxy) is 2. The van der Waals surface area contributed by atoms with Crippen molar-refractivity contribution in [2.75, 3.05) is 6.61 Å². The Kier molecular flexibility index (Phi) is 3.40. The largest absolute Gasteiger partial charge is 0.420 e. The minimum Gasteiger partial charge on any atom is -0.420 e. The lowest BCUT2D eigenvalue weighted by atomic mass is 9.67. The molecule has 0 radical (unpaired) electrons. The van der Waals surface area contributed by atoms with Gasteiger partial charge in [0.1, 0.15) is 0 Å². The average Bonchev–Trinajstić information content (AvgIpc) is 3.16. The minimum absolute atomic E-state index is 0.517. The summed E-state index contributed by atoms with van der Waals surface area (Å²) in [5.41, 5.74) is 4.99. The maximum absolute atomic E-state index is 10.7. The number of amides is 1. The highest BCUT2D eigenvalue weighted by Gasteiger charge is 2.61. The zero-order valence-corrected chi connectivity index (χ0v) is 12.9. The number of carbonyl (C=O) groups excluding carboxylic acids is 1. The van der Waals surface area contributed by atoms with Gasteiger partial charge in [0.05, 0.1) is 6.61 Å². The third-order valence-corrected chi connectivity index (χ3v) is 6.99. The third kappa shape index (κ3) is 2.26. The van der Waals surface area contributed by atoms with E-state index in [0.717, 1.165) is 47.8 Å². The van der Waals surface area contributed by atoms with Gasteiger partial charge in [0, 0.05) is 0 Å². The highest BCUT2D eigenvalue weighted by Crippen LogP contribution is 2.69. The summed E-state index contributed by atoms with van der Waals surface area (Å²) in [4.78, 5) is 10.7. The summed E-state index contributed by atoms with van der Waals surface area (Å²) in [6.07, 6.45) is 7.31. The number of nitrogens with two attached hydrogens (primary N) is 1. The van der Waals surface area contributed by atoms with Gasteiger partial charge in [-0.3, -0.25) is 0 Å². The lowest BCUT2D eigenvalue weighted by Gasteiger charge is -2.38. The molecule has 8 atom stereocenters. The van der Waals surface area contributed by atoms with Crippen LogP contribution in [0.4, 0.5) is 4.79 Å². The summed E-state index contributed by atoms with van der Waals surface area (Å²) in [5, 5.41) is 0. The minimum atomic E-state index is -0.757. The van der Waals surface area contributed by atoms with E-state index in [4.69, 9.17) is 15.2 Å². The van der Waals surface area contributed by atoms with Crippen LogP contribution < -0.4 is 5.73 Å². The van der Waals surface area contributed by atoms with Crippen LogP contribution >= 0.6 is 0 Å². The molecule has 4 fully saturated rings. The first-order chi connectivity index (χ1) is 10.1. The van der Waals surface area contributed by atoms with Crippen LogP contribution in [0.3, 0.4) is 0 Å². The molecule has 4 nitrogen and oxygen atoms in total. The van der Waals surface area contributed by atoms with Gasteiger partial charge in [0.15, 0.2) is 0 Å². The number of hydrogen-bond acceptors (Lipinski definition) is 3. The van der Waals surface area contributed by atoms with Gasteiger partial charge in [0.2, 0.25) is 6.29 Å². The van der Waals surface area contributed by atoms with Gasteiger partial charge in [-0.2, -0.15) is 0 Å². The molecule has 1 amide bonds. The molecular formula is C17H27NO3. The average molecular weight is 293 g/mol. The molecule has 4 saturated carbocycles. The van der Waals surface area contributed by atoms with Crippen LogP contribution in [0.2, 0.25) is 0 Å². The van der Waals surface area contributed by atoms with Crippen molar-refractivity contribution in [1.82, 2.24) is 0 Å². The Labute approximate surface area is 126 Å². The lowest BCUT2D eigenvalue weighted by Crippen LogP contribution is -2.33. The summed E-state index contributed by atoms with van der Waals surface area (Å²) >= 11 is 0. The molecule has 0 heterocycles. The number of primary amides is 1. The van der Waals surface area contributed by atoms with Gasteiger partial charge in [0.25, 0.3) is 0 Å².